The van der Waals surface area contributed by atoms with E-state index in [-0.39, 0.29) is 18.2 Å². The van der Waals surface area contributed by atoms with Crippen LogP contribution in [0.1, 0.15) is 13.3 Å². The molecule has 2 heterocycles. The van der Waals surface area contributed by atoms with Gasteiger partial charge >= 0.3 is 0 Å². The lowest BCUT2D eigenvalue weighted by molar-refractivity contribution is -0.129. The molecule has 0 radical (unpaired) electrons. The zero-order valence-electron chi connectivity index (χ0n) is 13.7. The number of hydrogen-bond donors (Lipinski definition) is 1. The number of hydrogen-bond acceptors (Lipinski definition) is 4. The second-order valence-electron chi connectivity index (χ2n) is 5.87. The molecule has 24 heavy (non-hydrogen) atoms. The minimum Gasteiger partial charge on any atom is -0.335 e. The van der Waals surface area contributed by atoms with Gasteiger partial charge < -0.3 is 9.80 Å². The summed E-state index contributed by atoms with van der Waals surface area (Å²) in [5.41, 5.74) is 4.18. The maximum absolute atomic E-state index is 12.7. The molecular weight excluding hydrogens is 372 g/mol. The van der Waals surface area contributed by atoms with Crippen LogP contribution in [0.25, 0.3) is 0 Å². The summed E-state index contributed by atoms with van der Waals surface area (Å²) in [7, 11) is 0. The summed E-state index contributed by atoms with van der Waals surface area (Å²) in [6, 6.07) is 7.41. The Bertz CT molecular complexity index is 651. The monoisotopic (exact) mass is 392 g/mol. The fraction of sp³-hybridized carbons (Fsp3) is 0.412. The molecule has 2 amide bonds. The topological polar surface area (TPSA) is 55.9 Å². The molecule has 0 aromatic heterocycles. The molecular formula is C17H21BrN4O2. The summed E-state index contributed by atoms with van der Waals surface area (Å²) in [5, 5.41) is 1.45. The number of carbonyl (C=O) groups excluding carboxylic acids is 2. The standard InChI is InChI=1S/C17H21BrN4O2/c1-2-20-9-11-21(12-10-20)17(24)15-7-8-16(23)22(19-15)14-5-3-13(18)4-6-14/h3-7,19H,2,8-12H2,1H3. The zero-order valence-corrected chi connectivity index (χ0v) is 15.3. The molecule has 0 bridgehead atoms. The molecule has 7 heteroatoms. The molecule has 1 aromatic carbocycles. The quantitative estimate of drug-likeness (QED) is 0.850. The van der Waals surface area contributed by atoms with Gasteiger partial charge in [0.2, 0.25) is 5.91 Å². The van der Waals surface area contributed by atoms with Crippen molar-refractivity contribution in [1.29, 1.82) is 0 Å². The Morgan fingerprint density at radius 1 is 1.17 bits per heavy atom. The van der Waals surface area contributed by atoms with Crippen molar-refractivity contribution in [3.8, 4) is 0 Å². The van der Waals surface area contributed by atoms with Crippen LogP contribution in [0.4, 0.5) is 5.69 Å². The molecule has 1 saturated heterocycles. The molecule has 2 aliphatic rings. The fourth-order valence-corrected chi connectivity index (χ4v) is 3.14. The Morgan fingerprint density at radius 2 is 1.83 bits per heavy atom. The molecule has 0 unspecified atom stereocenters. The van der Waals surface area contributed by atoms with Crippen LogP contribution in [0.2, 0.25) is 0 Å². The van der Waals surface area contributed by atoms with E-state index in [0.717, 1.165) is 42.9 Å². The van der Waals surface area contributed by atoms with Crippen LogP contribution >= 0.6 is 15.9 Å². The Hall–Kier alpha value is -1.86. The number of nitrogens with zero attached hydrogens (tertiary/aromatic N) is 3. The van der Waals surface area contributed by atoms with Gasteiger partial charge in [0.05, 0.1) is 5.69 Å². The molecule has 1 fully saturated rings. The average molecular weight is 393 g/mol. The van der Waals surface area contributed by atoms with Gasteiger partial charge in [-0.25, -0.2) is 5.01 Å². The number of likely N-dealkylation sites (N-methyl/N-ethyl adjacent to an activating group) is 1. The maximum atomic E-state index is 12.7. The molecule has 128 valence electrons. The first-order valence-electron chi connectivity index (χ1n) is 8.15. The van der Waals surface area contributed by atoms with Gasteiger partial charge in [-0.1, -0.05) is 22.9 Å². The minimum absolute atomic E-state index is 0.0413. The number of halogens is 1. The van der Waals surface area contributed by atoms with Gasteiger partial charge in [-0.2, -0.15) is 0 Å². The van der Waals surface area contributed by atoms with Crippen LogP contribution in [0.15, 0.2) is 40.5 Å². The highest BCUT2D eigenvalue weighted by atomic mass is 79.9. The molecule has 0 aliphatic carbocycles. The molecule has 0 atom stereocenters. The van der Waals surface area contributed by atoms with E-state index < -0.39 is 0 Å². The first-order chi connectivity index (χ1) is 11.6. The van der Waals surface area contributed by atoms with E-state index >= 15 is 0 Å². The van der Waals surface area contributed by atoms with Crippen LogP contribution in [0.3, 0.4) is 0 Å². The van der Waals surface area contributed by atoms with Gasteiger partial charge in [0.1, 0.15) is 5.70 Å². The Balaban J connectivity index is 1.69. The zero-order chi connectivity index (χ0) is 17.1. The van der Waals surface area contributed by atoms with E-state index in [9.17, 15) is 9.59 Å². The molecule has 6 nitrogen and oxygen atoms in total. The number of anilines is 1. The molecule has 0 saturated carbocycles. The largest absolute Gasteiger partial charge is 0.335 e. The van der Waals surface area contributed by atoms with Gasteiger partial charge in [0.15, 0.2) is 0 Å². The average Bonchev–Trinajstić information content (AvgIpc) is 2.62. The number of carbonyl (C=O) groups is 2. The molecule has 3 rings (SSSR count). The Labute approximate surface area is 150 Å². The molecule has 1 aromatic rings. The summed E-state index contributed by atoms with van der Waals surface area (Å²) in [4.78, 5) is 29.1. The van der Waals surface area contributed by atoms with E-state index in [4.69, 9.17) is 0 Å². The van der Waals surface area contributed by atoms with Gasteiger partial charge in [-0.15, -0.1) is 0 Å². The summed E-state index contributed by atoms with van der Waals surface area (Å²) in [5.74, 6) is -0.120. The first-order valence-corrected chi connectivity index (χ1v) is 8.94. The lowest BCUT2D eigenvalue weighted by atomic mass is 10.2. The van der Waals surface area contributed by atoms with Crippen LogP contribution in [-0.4, -0.2) is 54.3 Å². The van der Waals surface area contributed by atoms with Gasteiger partial charge in [0.25, 0.3) is 5.91 Å². The summed E-state index contributed by atoms with van der Waals surface area (Å²) >= 11 is 3.38. The summed E-state index contributed by atoms with van der Waals surface area (Å²) in [6.07, 6.45) is 1.91. The van der Waals surface area contributed by atoms with Gasteiger partial charge in [0, 0.05) is 37.1 Å². The maximum Gasteiger partial charge on any atom is 0.271 e. The predicted octanol–water partition coefficient (Wildman–Crippen LogP) is 1.74. The van der Waals surface area contributed by atoms with E-state index in [0.29, 0.717) is 5.70 Å². The van der Waals surface area contributed by atoms with E-state index in [2.05, 4.69) is 33.2 Å². The van der Waals surface area contributed by atoms with Crippen molar-refractivity contribution in [2.75, 3.05) is 37.7 Å². The lowest BCUT2D eigenvalue weighted by Crippen LogP contribution is -2.53. The normalized spacial score (nSPS) is 19.1. The highest BCUT2D eigenvalue weighted by molar-refractivity contribution is 9.10. The van der Waals surface area contributed by atoms with Crippen LogP contribution in [0.5, 0.6) is 0 Å². The Morgan fingerprint density at radius 3 is 2.46 bits per heavy atom. The second-order valence-corrected chi connectivity index (χ2v) is 6.78. The van der Waals surface area contributed by atoms with Crippen molar-refractivity contribution < 1.29 is 9.59 Å². The molecule has 1 N–H and O–H groups in total. The number of piperazine rings is 1. The number of amides is 2. The van der Waals surface area contributed by atoms with Crippen molar-refractivity contribution in [3.63, 3.8) is 0 Å². The first kappa shape index (κ1) is 17.0. The Kier molecular flexibility index (Phi) is 5.20. The smallest absolute Gasteiger partial charge is 0.271 e. The van der Waals surface area contributed by atoms with Crippen molar-refractivity contribution in [2.45, 2.75) is 13.3 Å². The number of benzene rings is 1. The van der Waals surface area contributed by atoms with Crippen molar-refractivity contribution in [2.24, 2.45) is 0 Å². The van der Waals surface area contributed by atoms with Gasteiger partial charge in [-0.05, 0) is 36.9 Å². The highest BCUT2D eigenvalue weighted by Crippen LogP contribution is 2.21. The minimum atomic E-state index is -0.0790. The number of hydrazine groups is 1. The van der Waals surface area contributed by atoms with Crippen LogP contribution < -0.4 is 10.4 Å². The van der Waals surface area contributed by atoms with Gasteiger partial charge in [-0.3, -0.25) is 15.0 Å². The molecule has 0 spiro atoms. The summed E-state index contributed by atoms with van der Waals surface area (Å²) < 4.78 is 0.941. The van der Waals surface area contributed by atoms with Crippen LogP contribution in [-0.2, 0) is 9.59 Å². The third-order valence-electron chi connectivity index (χ3n) is 4.38. The SMILES string of the molecule is CCN1CCN(C(=O)C2=CCC(=O)N(c3ccc(Br)cc3)N2)CC1. The van der Waals surface area contributed by atoms with Crippen molar-refractivity contribution in [1.82, 2.24) is 15.2 Å². The predicted molar refractivity (Wildman–Crippen MR) is 96.2 cm³/mol. The van der Waals surface area contributed by atoms with E-state index in [1.807, 2.05) is 29.2 Å². The fourth-order valence-electron chi connectivity index (χ4n) is 2.88. The number of rotatable bonds is 3. The third-order valence-corrected chi connectivity index (χ3v) is 4.91. The summed E-state index contributed by atoms with van der Waals surface area (Å²) in [6.45, 7) is 6.37. The highest BCUT2D eigenvalue weighted by Gasteiger charge is 2.28. The molecule has 2 aliphatic heterocycles. The van der Waals surface area contributed by atoms with E-state index in [1.165, 1.54) is 5.01 Å². The lowest BCUT2D eigenvalue weighted by Gasteiger charge is -2.36. The van der Waals surface area contributed by atoms with Crippen molar-refractivity contribution >= 4 is 33.4 Å². The van der Waals surface area contributed by atoms with Crippen LogP contribution in [0, 0.1) is 0 Å². The third kappa shape index (κ3) is 3.62. The van der Waals surface area contributed by atoms with E-state index in [1.54, 1.807) is 6.08 Å². The van der Waals surface area contributed by atoms with Crippen molar-refractivity contribution in [3.05, 3.63) is 40.5 Å². The second kappa shape index (κ2) is 7.36. The number of nitrogens with one attached hydrogen (secondary N) is 1.